The van der Waals surface area contributed by atoms with Crippen molar-refractivity contribution in [3.05, 3.63) is 29.3 Å². The molecule has 3 rings (SSSR count). The fraction of sp³-hybridized carbons (Fsp3) is 0.588. The molecule has 2 aliphatic heterocycles. The number of amides is 1. The number of nitrogens with two attached hydrogens (primary N) is 2. The van der Waals surface area contributed by atoms with Crippen LogP contribution >= 0.6 is 0 Å². The topological polar surface area (TPSA) is 92.6 Å². The van der Waals surface area contributed by atoms with Gasteiger partial charge in [-0.15, -0.1) is 0 Å². The van der Waals surface area contributed by atoms with Crippen molar-refractivity contribution in [3.63, 3.8) is 0 Å². The zero-order chi connectivity index (χ0) is 15.7. The Kier molecular flexibility index (Phi) is 4.36. The number of phenols is 1. The van der Waals surface area contributed by atoms with Crippen LogP contribution in [-0.4, -0.2) is 41.1 Å². The van der Waals surface area contributed by atoms with Crippen molar-refractivity contribution in [1.29, 1.82) is 0 Å². The second-order valence-corrected chi connectivity index (χ2v) is 6.54. The van der Waals surface area contributed by atoms with Gasteiger partial charge in [0.05, 0.1) is 5.56 Å². The van der Waals surface area contributed by atoms with Crippen LogP contribution in [-0.2, 0) is 0 Å². The summed E-state index contributed by atoms with van der Waals surface area (Å²) in [5.41, 5.74) is 12.1. The molecule has 2 saturated heterocycles. The number of primary amides is 1. The van der Waals surface area contributed by atoms with E-state index in [4.69, 9.17) is 11.5 Å². The molecule has 2 aliphatic rings. The molecular weight excluding hydrogens is 278 g/mol. The number of hydrogen-bond donors (Lipinski definition) is 3. The maximum absolute atomic E-state index is 11.4. The summed E-state index contributed by atoms with van der Waals surface area (Å²) in [7, 11) is 0. The number of hydrogen-bond acceptors (Lipinski definition) is 4. The van der Waals surface area contributed by atoms with E-state index in [1.165, 1.54) is 12.8 Å². The molecule has 0 aromatic heterocycles. The molecule has 5 N–H and O–H groups in total. The van der Waals surface area contributed by atoms with Crippen molar-refractivity contribution in [3.8, 4) is 5.75 Å². The molecule has 1 aromatic rings. The number of piperidine rings is 1. The average Bonchev–Trinajstić information content (AvgIpc) is 2.73. The zero-order valence-electron chi connectivity index (χ0n) is 12.9. The monoisotopic (exact) mass is 303 g/mol. The molecule has 0 saturated carbocycles. The molecule has 0 aliphatic carbocycles. The Morgan fingerprint density at radius 1 is 1.27 bits per heavy atom. The summed E-state index contributed by atoms with van der Waals surface area (Å²) >= 11 is 0. The van der Waals surface area contributed by atoms with Crippen LogP contribution in [0.25, 0.3) is 0 Å². The molecule has 5 nitrogen and oxygen atoms in total. The number of fused-ring (bicyclic) bond motifs is 2. The van der Waals surface area contributed by atoms with Gasteiger partial charge in [-0.2, -0.15) is 0 Å². The van der Waals surface area contributed by atoms with Crippen LogP contribution in [0.5, 0.6) is 5.75 Å². The third-order valence-electron chi connectivity index (χ3n) is 5.28. The number of rotatable bonds is 5. The Morgan fingerprint density at radius 3 is 2.55 bits per heavy atom. The second kappa shape index (κ2) is 6.26. The molecule has 2 bridgehead atoms. The van der Waals surface area contributed by atoms with Crippen LogP contribution in [0.1, 0.15) is 53.9 Å². The highest BCUT2D eigenvalue weighted by Crippen LogP contribution is 2.45. The van der Waals surface area contributed by atoms with Gasteiger partial charge < -0.3 is 16.6 Å². The molecule has 22 heavy (non-hydrogen) atoms. The van der Waals surface area contributed by atoms with Gasteiger partial charge in [-0.05, 0) is 62.7 Å². The number of nitrogens with zero attached hydrogens (tertiary/aromatic N) is 1. The van der Waals surface area contributed by atoms with E-state index >= 15 is 0 Å². The summed E-state index contributed by atoms with van der Waals surface area (Å²) in [6.45, 7) is 1.81. The van der Waals surface area contributed by atoms with Crippen LogP contribution < -0.4 is 11.5 Å². The van der Waals surface area contributed by atoms with E-state index in [-0.39, 0.29) is 11.3 Å². The summed E-state index contributed by atoms with van der Waals surface area (Å²) < 4.78 is 0. The van der Waals surface area contributed by atoms with E-state index < -0.39 is 5.91 Å². The van der Waals surface area contributed by atoms with Crippen LogP contribution in [0.4, 0.5) is 0 Å². The molecule has 0 spiro atoms. The predicted molar refractivity (Wildman–Crippen MR) is 85.8 cm³/mol. The molecule has 120 valence electrons. The largest absolute Gasteiger partial charge is 0.507 e. The van der Waals surface area contributed by atoms with E-state index in [1.54, 1.807) is 6.07 Å². The van der Waals surface area contributed by atoms with Gasteiger partial charge in [0.2, 0.25) is 0 Å². The SMILES string of the molecule is NCCCN1[C@@H]2CC[C@H]1C[C@@H](c1cccc(C(N)=O)c1O)C2. The third kappa shape index (κ3) is 2.71. The van der Waals surface area contributed by atoms with E-state index in [1.807, 2.05) is 12.1 Å². The van der Waals surface area contributed by atoms with E-state index in [9.17, 15) is 9.90 Å². The minimum atomic E-state index is -0.567. The maximum Gasteiger partial charge on any atom is 0.252 e. The second-order valence-electron chi connectivity index (χ2n) is 6.54. The minimum absolute atomic E-state index is 0.0785. The number of carbonyl (C=O) groups excluding carboxylic acids is 1. The van der Waals surface area contributed by atoms with Gasteiger partial charge in [0.1, 0.15) is 5.75 Å². The number of carbonyl (C=O) groups is 1. The van der Waals surface area contributed by atoms with Crippen LogP contribution in [0.2, 0.25) is 0 Å². The molecule has 3 atom stereocenters. The Labute approximate surface area is 131 Å². The summed E-state index contributed by atoms with van der Waals surface area (Å²) in [5.74, 6) is -0.177. The van der Waals surface area contributed by atoms with Crippen molar-refractivity contribution in [2.75, 3.05) is 13.1 Å². The Hall–Kier alpha value is -1.59. The minimum Gasteiger partial charge on any atom is -0.507 e. The lowest BCUT2D eigenvalue weighted by Gasteiger charge is -2.39. The fourth-order valence-electron chi connectivity index (χ4n) is 4.26. The highest BCUT2D eigenvalue weighted by Gasteiger charge is 2.41. The van der Waals surface area contributed by atoms with Gasteiger partial charge >= 0.3 is 0 Å². The van der Waals surface area contributed by atoms with Gasteiger partial charge in [0.15, 0.2) is 0 Å². The van der Waals surface area contributed by atoms with Crippen molar-refractivity contribution < 1.29 is 9.90 Å². The summed E-state index contributed by atoms with van der Waals surface area (Å²) in [4.78, 5) is 14.0. The molecule has 2 heterocycles. The van der Waals surface area contributed by atoms with Gasteiger partial charge in [-0.1, -0.05) is 12.1 Å². The Balaban J connectivity index is 1.79. The first-order valence-electron chi connectivity index (χ1n) is 8.19. The van der Waals surface area contributed by atoms with Crippen molar-refractivity contribution >= 4 is 5.91 Å². The first kappa shape index (κ1) is 15.3. The van der Waals surface area contributed by atoms with Crippen molar-refractivity contribution in [1.82, 2.24) is 4.90 Å². The quantitative estimate of drug-likeness (QED) is 0.769. The summed E-state index contributed by atoms with van der Waals surface area (Å²) in [6.07, 6.45) is 5.57. The zero-order valence-corrected chi connectivity index (χ0v) is 12.9. The molecular formula is C17H25N3O2. The van der Waals surface area contributed by atoms with E-state index in [2.05, 4.69) is 4.90 Å². The first-order valence-corrected chi connectivity index (χ1v) is 8.19. The third-order valence-corrected chi connectivity index (χ3v) is 5.28. The lowest BCUT2D eigenvalue weighted by Crippen LogP contribution is -2.43. The molecule has 0 unspecified atom stereocenters. The summed E-state index contributed by atoms with van der Waals surface area (Å²) in [5, 5.41) is 10.4. The van der Waals surface area contributed by atoms with Crippen molar-refractivity contribution in [2.24, 2.45) is 11.5 Å². The van der Waals surface area contributed by atoms with Gasteiger partial charge in [-0.25, -0.2) is 0 Å². The molecule has 2 fully saturated rings. The molecule has 1 aromatic carbocycles. The highest BCUT2D eigenvalue weighted by molar-refractivity contribution is 5.96. The van der Waals surface area contributed by atoms with E-state index in [0.29, 0.717) is 18.0 Å². The van der Waals surface area contributed by atoms with Gasteiger partial charge in [0.25, 0.3) is 5.91 Å². The van der Waals surface area contributed by atoms with E-state index in [0.717, 1.165) is 37.9 Å². The highest BCUT2D eigenvalue weighted by atomic mass is 16.3. The Bertz CT molecular complexity index is 547. The van der Waals surface area contributed by atoms with Crippen LogP contribution in [0.15, 0.2) is 18.2 Å². The van der Waals surface area contributed by atoms with Gasteiger partial charge in [-0.3, -0.25) is 9.69 Å². The van der Waals surface area contributed by atoms with Crippen LogP contribution in [0, 0.1) is 0 Å². The fourth-order valence-corrected chi connectivity index (χ4v) is 4.26. The first-order chi connectivity index (χ1) is 10.6. The normalized spacial score (nSPS) is 28.0. The lowest BCUT2D eigenvalue weighted by molar-refractivity contribution is 0.0997. The van der Waals surface area contributed by atoms with Crippen LogP contribution in [0.3, 0.4) is 0 Å². The number of para-hydroxylation sites is 1. The molecule has 5 heteroatoms. The maximum atomic E-state index is 11.4. The summed E-state index contributed by atoms with van der Waals surface area (Å²) in [6, 6.07) is 6.49. The number of aromatic hydroxyl groups is 1. The smallest absolute Gasteiger partial charge is 0.252 e. The molecule has 0 radical (unpaired) electrons. The van der Waals surface area contributed by atoms with Crippen molar-refractivity contribution in [2.45, 2.75) is 50.1 Å². The standard InChI is InChI=1S/C17H25N3O2/c18-7-2-8-20-12-5-6-13(20)10-11(9-12)14-3-1-4-15(16(14)21)17(19)22/h1,3-4,11-13,21H,2,5-10,18H2,(H2,19,22)/t11-,12+,13-. The Morgan fingerprint density at radius 2 is 1.95 bits per heavy atom. The predicted octanol–water partition coefficient (Wildman–Crippen LogP) is 1.55. The lowest BCUT2D eigenvalue weighted by atomic mass is 9.83. The molecule has 1 amide bonds. The number of benzene rings is 1. The van der Waals surface area contributed by atoms with Gasteiger partial charge in [0, 0.05) is 12.1 Å². The average molecular weight is 303 g/mol.